The first-order chi connectivity index (χ1) is 13.9. The molecular weight excluding hydrogens is 483 g/mol. The Morgan fingerprint density at radius 2 is 1.93 bits per heavy atom. The molecule has 0 bridgehead atoms. The monoisotopic (exact) mass is 514 g/mol. The van der Waals surface area contributed by atoms with E-state index in [1.54, 1.807) is 12.1 Å². The molecule has 0 spiro atoms. The second-order valence-corrected chi connectivity index (χ2v) is 9.63. The van der Waals surface area contributed by atoms with E-state index in [1.165, 1.54) is 6.42 Å². The molecule has 2 saturated carbocycles. The summed E-state index contributed by atoms with van der Waals surface area (Å²) in [6.07, 6.45) is 7.38. The number of nitrogens with two attached hydrogens (primary N) is 1. The van der Waals surface area contributed by atoms with Gasteiger partial charge in [-0.25, -0.2) is 4.79 Å². The highest BCUT2D eigenvalue weighted by Crippen LogP contribution is 2.32. The van der Waals surface area contributed by atoms with Gasteiger partial charge in [0.2, 0.25) is 5.91 Å². The van der Waals surface area contributed by atoms with E-state index in [9.17, 15) is 9.59 Å². The number of carbonyl (C=O) groups excluding carboxylic acids is 1. The Morgan fingerprint density at radius 1 is 1.24 bits per heavy atom. The number of hydrogen-bond acceptors (Lipinski definition) is 4. The van der Waals surface area contributed by atoms with Crippen LogP contribution >= 0.6 is 22.6 Å². The number of carbonyl (C=O) groups is 2. The van der Waals surface area contributed by atoms with E-state index in [1.807, 2.05) is 18.0 Å². The molecule has 2 fully saturated rings. The number of halogens is 1. The number of rotatable bonds is 8. The molecular formula is C22H31IN2O4. The Bertz CT molecular complexity index is 730. The molecule has 2 aliphatic rings. The lowest BCUT2D eigenvalue weighted by Crippen LogP contribution is -2.52. The number of benzene rings is 1. The third kappa shape index (κ3) is 5.70. The second-order valence-electron chi connectivity index (χ2n) is 8.47. The van der Waals surface area contributed by atoms with Crippen LogP contribution < -0.4 is 5.73 Å². The predicted molar refractivity (Wildman–Crippen MR) is 120 cm³/mol. The summed E-state index contributed by atoms with van der Waals surface area (Å²) in [5.41, 5.74) is 7.51. The van der Waals surface area contributed by atoms with Gasteiger partial charge in [-0.05, 0) is 103 Å². The SMILES string of the molecule is CN(C(=O)[C@@H](N)C1CCC(COCc2cc(C(=O)O)ccc2I)CC1)C1CCC1. The summed E-state index contributed by atoms with van der Waals surface area (Å²) in [5.74, 6) is -0.0928. The zero-order chi connectivity index (χ0) is 21.0. The van der Waals surface area contributed by atoms with Crippen molar-refractivity contribution in [3.8, 4) is 0 Å². The van der Waals surface area contributed by atoms with E-state index >= 15 is 0 Å². The third-order valence-electron chi connectivity index (χ3n) is 6.56. The standard InChI is InChI=1S/C22H31IN2O4/c1-25(18-3-2-4-18)21(26)20(24)15-7-5-14(6-8-15)12-29-13-17-11-16(22(27)28)9-10-19(17)23/h9-11,14-15,18,20H,2-8,12-13,24H2,1H3,(H,27,28)/t14?,15?,20-/m0/s1. The average molecular weight is 514 g/mol. The van der Waals surface area contributed by atoms with E-state index in [4.69, 9.17) is 15.6 Å². The van der Waals surface area contributed by atoms with Crippen LogP contribution in [0, 0.1) is 15.4 Å². The molecule has 7 heteroatoms. The number of nitrogens with zero attached hydrogens (tertiary/aromatic N) is 1. The van der Waals surface area contributed by atoms with Crippen molar-refractivity contribution in [1.82, 2.24) is 4.90 Å². The average Bonchev–Trinajstić information content (AvgIpc) is 2.67. The second kappa shape index (κ2) is 10.2. The summed E-state index contributed by atoms with van der Waals surface area (Å²) < 4.78 is 6.92. The third-order valence-corrected chi connectivity index (χ3v) is 7.61. The zero-order valence-corrected chi connectivity index (χ0v) is 19.1. The lowest BCUT2D eigenvalue weighted by atomic mass is 9.78. The van der Waals surface area contributed by atoms with Crippen LogP contribution in [0.15, 0.2) is 18.2 Å². The van der Waals surface area contributed by atoms with Crippen molar-refractivity contribution in [1.29, 1.82) is 0 Å². The van der Waals surface area contributed by atoms with E-state index < -0.39 is 5.97 Å². The van der Waals surface area contributed by atoms with Crippen molar-refractivity contribution in [2.45, 2.75) is 63.6 Å². The van der Waals surface area contributed by atoms with Crippen LogP contribution in [0.1, 0.15) is 60.9 Å². The number of aromatic carboxylic acids is 1. The predicted octanol–water partition coefficient (Wildman–Crippen LogP) is 3.65. The topological polar surface area (TPSA) is 92.9 Å². The fourth-order valence-electron chi connectivity index (χ4n) is 4.26. The van der Waals surface area contributed by atoms with Gasteiger partial charge in [0.15, 0.2) is 0 Å². The van der Waals surface area contributed by atoms with Crippen LogP contribution in [-0.2, 0) is 16.1 Å². The normalized spacial score (nSPS) is 23.3. The largest absolute Gasteiger partial charge is 0.478 e. The van der Waals surface area contributed by atoms with Crippen LogP contribution in [0.3, 0.4) is 0 Å². The molecule has 1 aromatic rings. The van der Waals surface area contributed by atoms with Crippen molar-refractivity contribution >= 4 is 34.5 Å². The van der Waals surface area contributed by atoms with E-state index in [0.717, 1.165) is 47.7 Å². The van der Waals surface area contributed by atoms with Crippen molar-refractivity contribution < 1.29 is 19.4 Å². The summed E-state index contributed by atoms with van der Waals surface area (Å²) in [6.45, 7) is 1.08. The first-order valence-corrected chi connectivity index (χ1v) is 11.6. The number of carboxylic acid groups (broad SMARTS) is 1. The Kier molecular flexibility index (Phi) is 7.92. The molecule has 29 heavy (non-hydrogen) atoms. The molecule has 1 aromatic carbocycles. The fourth-order valence-corrected chi connectivity index (χ4v) is 4.75. The first-order valence-electron chi connectivity index (χ1n) is 10.5. The molecule has 0 unspecified atom stereocenters. The molecule has 6 nitrogen and oxygen atoms in total. The summed E-state index contributed by atoms with van der Waals surface area (Å²) in [5, 5.41) is 9.14. The molecule has 1 amide bonds. The molecule has 2 aliphatic carbocycles. The molecule has 0 radical (unpaired) electrons. The maximum Gasteiger partial charge on any atom is 0.335 e. The zero-order valence-electron chi connectivity index (χ0n) is 17.0. The summed E-state index contributed by atoms with van der Waals surface area (Å²) >= 11 is 2.20. The number of carboxylic acids is 1. The van der Waals surface area contributed by atoms with Crippen molar-refractivity contribution in [2.24, 2.45) is 17.6 Å². The Hall–Kier alpha value is -1.19. The van der Waals surface area contributed by atoms with E-state index in [0.29, 0.717) is 25.2 Å². The van der Waals surface area contributed by atoms with Gasteiger partial charge < -0.3 is 20.5 Å². The minimum Gasteiger partial charge on any atom is -0.478 e. The molecule has 0 heterocycles. The van der Waals surface area contributed by atoms with Gasteiger partial charge in [0.1, 0.15) is 0 Å². The maximum absolute atomic E-state index is 12.6. The van der Waals surface area contributed by atoms with Gasteiger partial charge in [-0.2, -0.15) is 0 Å². The highest BCUT2D eigenvalue weighted by Gasteiger charge is 2.34. The highest BCUT2D eigenvalue weighted by molar-refractivity contribution is 14.1. The number of ether oxygens (including phenoxy) is 1. The van der Waals surface area contributed by atoms with E-state index in [-0.39, 0.29) is 23.4 Å². The quantitative estimate of drug-likeness (QED) is 0.517. The minimum absolute atomic E-state index is 0.0993. The van der Waals surface area contributed by atoms with Gasteiger partial charge in [0, 0.05) is 23.3 Å². The first kappa shape index (κ1) is 22.5. The molecule has 1 atom stereocenters. The van der Waals surface area contributed by atoms with Gasteiger partial charge in [-0.15, -0.1) is 0 Å². The minimum atomic E-state index is -0.921. The van der Waals surface area contributed by atoms with Gasteiger partial charge in [-0.1, -0.05) is 0 Å². The van der Waals surface area contributed by atoms with E-state index in [2.05, 4.69) is 22.6 Å². The summed E-state index contributed by atoms with van der Waals surface area (Å²) in [4.78, 5) is 25.6. The van der Waals surface area contributed by atoms with Crippen molar-refractivity contribution in [2.75, 3.05) is 13.7 Å². The molecule has 3 rings (SSSR count). The van der Waals surface area contributed by atoms with Gasteiger partial charge >= 0.3 is 5.97 Å². The molecule has 0 saturated heterocycles. The van der Waals surface area contributed by atoms with Crippen molar-refractivity contribution in [3.05, 3.63) is 32.9 Å². The van der Waals surface area contributed by atoms with Crippen LogP contribution in [0.4, 0.5) is 0 Å². The number of likely N-dealkylation sites (N-methyl/N-ethyl adjacent to an activating group) is 1. The van der Waals surface area contributed by atoms with Crippen LogP contribution in [0.25, 0.3) is 0 Å². The Morgan fingerprint density at radius 3 is 2.52 bits per heavy atom. The Balaban J connectivity index is 1.41. The lowest BCUT2D eigenvalue weighted by Gasteiger charge is -2.38. The summed E-state index contributed by atoms with van der Waals surface area (Å²) in [6, 6.07) is 5.11. The number of amides is 1. The van der Waals surface area contributed by atoms with Crippen LogP contribution in [-0.4, -0.2) is 47.6 Å². The molecule has 0 aromatic heterocycles. The highest BCUT2D eigenvalue weighted by atomic mass is 127. The van der Waals surface area contributed by atoms with Crippen LogP contribution in [0.5, 0.6) is 0 Å². The number of hydrogen-bond donors (Lipinski definition) is 2. The van der Waals surface area contributed by atoms with Gasteiger partial charge in [0.05, 0.1) is 18.2 Å². The molecule has 0 aliphatic heterocycles. The smallest absolute Gasteiger partial charge is 0.335 e. The maximum atomic E-state index is 12.6. The molecule has 3 N–H and O–H groups in total. The Labute approximate surface area is 186 Å². The fraction of sp³-hybridized carbons (Fsp3) is 0.636. The molecule has 160 valence electrons. The van der Waals surface area contributed by atoms with Crippen molar-refractivity contribution in [3.63, 3.8) is 0 Å². The van der Waals surface area contributed by atoms with Gasteiger partial charge in [-0.3, -0.25) is 4.79 Å². The summed E-state index contributed by atoms with van der Waals surface area (Å²) in [7, 11) is 1.90. The van der Waals surface area contributed by atoms with Gasteiger partial charge in [0.25, 0.3) is 0 Å². The van der Waals surface area contributed by atoms with Crippen LogP contribution in [0.2, 0.25) is 0 Å². The lowest BCUT2D eigenvalue weighted by molar-refractivity contribution is -0.136.